The molecular weight excluding hydrogens is 250 g/mol. The normalized spacial score (nSPS) is 16.0. The molecule has 0 atom stereocenters. The first-order valence-electron chi connectivity index (χ1n) is 7.22. The lowest BCUT2D eigenvalue weighted by molar-refractivity contribution is -0.120. The number of anilines is 1. The second-order valence-electron chi connectivity index (χ2n) is 5.37. The van der Waals surface area contributed by atoms with Gasteiger partial charge in [-0.15, -0.1) is 0 Å². The molecule has 4 nitrogen and oxygen atoms in total. The lowest BCUT2D eigenvalue weighted by Crippen LogP contribution is -2.24. The van der Waals surface area contributed by atoms with E-state index >= 15 is 0 Å². The third-order valence-corrected chi connectivity index (χ3v) is 3.94. The van der Waals surface area contributed by atoms with Crippen molar-refractivity contribution >= 4 is 11.6 Å². The summed E-state index contributed by atoms with van der Waals surface area (Å²) in [4.78, 5) is 19.2. The van der Waals surface area contributed by atoms with Crippen molar-refractivity contribution in [3.8, 4) is 11.3 Å². The van der Waals surface area contributed by atoms with Crippen LogP contribution in [0.5, 0.6) is 0 Å². The average molecular weight is 269 g/mol. The fourth-order valence-corrected chi connectivity index (χ4v) is 2.76. The zero-order chi connectivity index (χ0) is 13.8. The van der Waals surface area contributed by atoms with E-state index in [0.717, 1.165) is 29.8 Å². The highest BCUT2D eigenvalue weighted by molar-refractivity contribution is 5.92. The van der Waals surface area contributed by atoms with Crippen LogP contribution >= 0.6 is 0 Å². The lowest BCUT2D eigenvalue weighted by Gasteiger charge is -2.20. The molecular formula is C16H19N3O. The van der Waals surface area contributed by atoms with Gasteiger partial charge in [-0.3, -0.25) is 4.79 Å². The largest absolute Gasteiger partial charge is 0.345 e. The number of nitrogens with one attached hydrogen (secondary N) is 2. The van der Waals surface area contributed by atoms with Crippen molar-refractivity contribution in [1.82, 2.24) is 9.97 Å². The standard InChI is InChI=1S/C16H19N3O/c20-16(13-4-2-1-3-5-13)19-14-8-6-12(7-9-14)15-10-17-11-18-15/h6-11,13H,1-5H2,(H,17,18)(H,19,20). The number of amides is 1. The van der Waals surface area contributed by atoms with Crippen LogP contribution in [0.3, 0.4) is 0 Å². The predicted octanol–water partition coefficient (Wildman–Crippen LogP) is 3.60. The second-order valence-corrected chi connectivity index (χ2v) is 5.37. The van der Waals surface area contributed by atoms with Gasteiger partial charge >= 0.3 is 0 Å². The predicted molar refractivity (Wildman–Crippen MR) is 79.2 cm³/mol. The Morgan fingerprint density at radius 2 is 1.90 bits per heavy atom. The molecule has 0 aliphatic heterocycles. The number of nitrogens with zero attached hydrogens (tertiary/aromatic N) is 1. The van der Waals surface area contributed by atoms with Crippen molar-refractivity contribution in [3.63, 3.8) is 0 Å². The zero-order valence-electron chi connectivity index (χ0n) is 11.4. The first-order valence-corrected chi connectivity index (χ1v) is 7.22. The molecule has 4 heteroatoms. The Morgan fingerprint density at radius 3 is 2.55 bits per heavy atom. The molecule has 1 aliphatic rings. The minimum absolute atomic E-state index is 0.166. The summed E-state index contributed by atoms with van der Waals surface area (Å²) in [5.41, 5.74) is 2.91. The Kier molecular flexibility index (Phi) is 3.81. The molecule has 0 unspecified atom stereocenters. The van der Waals surface area contributed by atoms with Crippen molar-refractivity contribution < 1.29 is 4.79 Å². The second kappa shape index (κ2) is 5.90. The van der Waals surface area contributed by atoms with Gasteiger partial charge in [-0.1, -0.05) is 31.4 Å². The quantitative estimate of drug-likeness (QED) is 0.894. The van der Waals surface area contributed by atoms with Crippen LogP contribution in [0.4, 0.5) is 5.69 Å². The number of H-pyrrole nitrogens is 1. The van der Waals surface area contributed by atoms with Crippen LogP contribution < -0.4 is 5.32 Å². The van der Waals surface area contributed by atoms with E-state index in [2.05, 4.69) is 15.3 Å². The molecule has 1 aliphatic carbocycles. The van der Waals surface area contributed by atoms with Gasteiger partial charge in [0.2, 0.25) is 5.91 Å². The summed E-state index contributed by atoms with van der Waals surface area (Å²) in [5, 5.41) is 3.02. The summed E-state index contributed by atoms with van der Waals surface area (Å²) in [5.74, 6) is 0.357. The average Bonchev–Trinajstić information content (AvgIpc) is 3.03. The number of aromatic amines is 1. The summed E-state index contributed by atoms with van der Waals surface area (Å²) in [6.07, 6.45) is 9.12. The van der Waals surface area contributed by atoms with E-state index in [-0.39, 0.29) is 11.8 Å². The van der Waals surface area contributed by atoms with Crippen LogP contribution in [-0.4, -0.2) is 15.9 Å². The molecule has 0 saturated heterocycles. The maximum Gasteiger partial charge on any atom is 0.227 e. The zero-order valence-corrected chi connectivity index (χ0v) is 11.4. The highest BCUT2D eigenvalue weighted by atomic mass is 16.1. The number of carbonyl (C=O) groups excluding carboxylic acids is 1. The van der Waals surface area contributed by atoms with Crippen molar-refractivity contribution in [2.45, 2.75) is 32.1 Å². The van der Waals surface area contributed by atoms with E-state index in [1.807, 2.05) is 24.3 Å². The third kappa shape index (κ3) is 2.90. The molecule has 1 heterocycles. The van der Waals surface area contributed by atoms with E-state index in [1.54, 1.807) is 12.5 Å². The number of imidazole rings is 1. The molecule has 1 fully saturated rings. The van der Waals surface area contributed by atoms with E-state index < -0.39 is 0 Å². The Labute approximate surface area is 118 Å². The van der Waals surface area contributed by atoms with Gasteiger partial charge in [-0.05, 0) is 30.5 Å². The van der Waals surface area contributed by atoms with Gasteiger partial charge in [0.25, 0.3) is 0 Å². The van der Waals surface area contributed by atoms with E-state index in [9.17, 15) is 4.79 Å². The minimum Gasteiger partial charge on any atom is -0.345 e. The summed E-state index contributed by atoms with van der Waals surface area (Å²) < 4.78 is 0. The molecule has 0 radical (unpaired) electrons. The van der Waals surface area contributed by atoms with Crippen LogP contribution in [0.15, 0.2) is 36.8 Å². The van der Waals surface area contributed by atoms with Crippen LogP contribution in [0.2, 0.25) is 0 Å². The lowest BCUT2D eigenvalue weighted by atomic mass is 9.88. The van der Waals surface area contributed by atoms with Gasteiger partial charge in [0.05, 0.1) is 18.2 Å². The summed E-state index contributed by atoms with van der Waals surface area (Å²) in [7, 11) is 0. The highest BCUT2D eigenvalue weighted by Crippen LogP contribution is 2.25. The summed E-state index contributed by atoms with van der Waals surface area (Å²) in [6, 6.07) is 7.86. The molecule has 0 spiro atoms. The van der Waals surface area contributed by atoms with Gasteiger partial charge in [0.1, 0.15) is 0 Å². The number of benzene rings is 1. The summed E-state index contributed by atoms with van der Waals surface area (Å²) >= 11 is 0. The van der Waals surface area contributed by atoms with Crippen LogP contribution in [0.25, 0.3) is 11.3 Å². The van der Waals surface area contributed by atoms with E-state index in [0.29, 0.717) is 0 Å². The van der Waals surface area contributed by atoms with Gasteiger partial charge in [0, 0.05) is 11.6 Å². The fraction of sp³-hybridized carbons (Fsp3) is 0.375. The minimum atomic E-state index is 0.166. The molecule has 2 N–H and O–H groups in total. The fourth-order valence-electron chi connectivity index (χ4n) is 2.76. The molecule has 1 aromatic carbocycles. The number of aromatic nitrogens is 2. The van der Waals surface area contributed by atoms with Crippen molar-refractivity contribution in [2.75, 3.05) is 5.32 Å². The molecule has 20 heavy (non-hydrogen) atoms. The molecule has 2 aromatic rings. The Hall–Kier alpha value is -2.10. The topological polar surface area (TPSA) is 57.8 Å². The maximum absolute atomic E-state index is 12.2. The molecule has 1 aromatic heterocycles. The molecule has 104 valence electrons. The van der Waals surface area contributed by atoms with E-state index in [4.69, 9.17) is 0 Å². The van der Waals surface area contributed by atoms with Gasteiger partial charge < -0.3 is 10.3 Å². The third-order valence-electron chi connectivity index (χ3n) is 3.94. The number of hydrogen-bond acceptors (Lipinski definition) is 2. The van der Waals surface area contributed by atoms with E-state index in [1.165, 1.54) is 19.3 Å². The maximum atomic E-state index is 12.2. The number of rotatable bonds is 3. The Bertz CT molecular complexity index is 554. The molecule has 1 saturated carbocycles. The monoisotopic (exact) mass is 269 g/mol. The van der Waals surface area contributed by atoms with Crippen molar-refractivity contribution in [2.24, 2.45) is 5.92 Å². The van der Waals surface area contributed by atoms with Crippen molar-refractivity contribution in [1.29, 1.82) is 0 Å². The molecule has 3 rings (SSSR count). The molecule has 1 amide bonds. The Balaban J connectivity index is 1.64. The van der Waals surface area contributed by atoms with Gasteiger partial charge in [0.15, 0.2) is 0 Å². The number of hydrogen-bond donors (Lipinski definition) is 2. The van der Waals surface area contributed by atoms with Gasteiger partial charge in [-0.25, -0.2) is 4.98 Å². The summed E-state index contributed by atoms with van der Waals surface area (Å²) in [6.45, 7) is 0. The van der Waals surface area contributed by atoms with Crippen molar-refractivity contribution in [3.05, 3.63) is 36.8 Å². The van der Waals surface area contributed by atoms with Crippen LogP contribution in [-0.2, 0) is 4.79 Å². The SMILES string of the molecule is O=C(Nc1ccc(-c2cnc[nH]2)cc1)C1CCCCC1. The first kappa shape index (κ1) is 12.9. The first-order chi connectivity index (χ1) is 9.83. The van der Waals surface area contributed by atoms with Gasteiger partial charge in [-0.2, -0.15) is 0 Å². The van der Waals surface area contributed by atoms with Crippen LogP contribution in [0, 0.1) is 5.92 Å². The molecule has 0 bridgehead atoms. The number of carbonyl (C=O) groups is 1. The smallest absolute Gasteiger partial charge is 0.227 e. The highest BCUT2D eigenvalue weighted by Gasteiger charge is 2.20. The van der Waals surface area contributed by atoms with Crippen LogP contribution in [0.1, 0.15) is 32.1 Å². The Morgan fingerprint density at radius 1 is 1.15 bits per heavy atom.